The van der Waals surface area contributed by atoms with E-state index < -0.39 is 24.1 Å². The van der Waals surface area contributed by atoms with E-state index in [1.54, 1.807) is 30.5 Å². The molecule has 0 saturated carbocycles. The Labute approximate surface area is 216 Å². The van der Waals surface area contributed by atoms with Gasteiger partial charge in [-0.2, -0.15) is 0 Å². The molecule has 2 atom stereocenters. The van der Waals surface area contributed by atoms with Crippen LogP contribution in [0.3, 0.4) is 0 Å². The summed E-state index contributed by atoms with van der Waals surface area (Å²) in [5.41, 5.74) is 1.44. The van der Waals surface area contributed by atoms with Crippen LogP contribution < -0.4 is 10.6 Å². The van der Waals surface area contributed by atoms with Gasteiger partial charge in [-0.05, 0) is 29.7 Å². The molecule has 3 rings (SSSR count). The zero-order valence-corrected chi connectivity index (χ0v) is 21.2. The smallest absolute Gasteiger partial charge is 0.408 e. The highest BCUT2D eigenvalue weighted by atomic mass is 32.2. The third-order valence-electron chi connectivity index (χ3n) is 5.49. The summed E-state index contributed by atoms with van der Waals surface area (Å²) in [6.07, 6.45) is 3.10. The maximum absolute atomic E-state index is 13.3. The molecule has 1 aromatic heterocycles. The van der Waals surface area contributed by atoms with E-state index in [9.17, 15) is 14.4 Å². The monoisotopic (exact) mass is 508 g/mol. The van der Waals surface area contributed by atoms with Crippen LogP contribution in [0, 0.1) is 0 Å². The van der Waals surface area contributed by atoms with Gasteiger partial charge in [0.2, 0.25) is 5.91 Å². The minimum absolute atomic E-state index is 0.0631. The van der Waals surface area contributed by atoms with Crippen molar-refractivity contribution in [3.63, 3.8) is 0 Å². The lowest BCUT2D eigenvalue weighted by Crippen LogP contribution is -2.47. The molecule has 0 fully saturated rings. The number of furan rings is 1. The second-order valence-electron chi connectivity index (χ2n) is 8.29. The van der Waals surface area contributed by atoms with Crippen LogP contribution in [0.4, 0.5) is 4.79 Å². The number of ketones is 1. The molecule has 0 bridgehead atoms. The quantitative estimate of drug-likeness (QED) is 0.302. The molecule has 0 spiro atoms. The summed E-state index contributed by atoms with van der Waals surface area (Å²) < 4.78 is 10.6. The predicted octanol–water partition coefficient (Wildman–Crippen LogP) is 5.42. The molecule has 8 heteroatoms. The number of Topliss-reactive ketones (excluding diaryl/α,β-unsaturated/α-hetero) is 1. The zero-order valence-electron chi connectivity index (χ0n) is 20.4. The van der Waals surface area contributed by atoms with Gasteiger partial charge < -0.3 is 19.8 Å². The molecular formula is C28H32N2O5S. The number of carbonyl (C=O) groups excluding carboxylic acids is 3. The van der Waals surface area contributed by atoms with E-state index in [4.69, 9.17) is 9.15 Å². The van der Waals surface area contributed by atoms with Gasteiger partial charge in [0.25, 0.3) is 0 Å². The van der Waals surface area contributed by atoms with Gasteiger partial charge in [-0.1, -0.05) is 80.4 Å². The summed E-state index contributed by atoms with van der Waals surface area (Å²) in [6, 6.07) is 20.2. The second-order valence-corrected chi connectivity index (χ2v) is 9.28. The first kappa shape index (κ1) is 27.1. The van der Waals surface area contributed by atoms with Crippen LogP contribution in [0.5, 0.6) is 0 Å². The Hall–Kier alpha value is -3.52. The van der Waals surface area contributed by atoms with Gasteiger partial charge in [0.05, 0.1) is 23.8 Å². The Morgan fingerprint density at radius 1 is 0.944 bits per heavy atom. The lowest BCUT2D eigenvalue weighted by Gasteiger charge is -2.23. The number of unbranched alkanes of at least 4 members (excludes halogenated alkanes) is 1. The Kier molecular flexibility index (Phi) is 11.1. The molecule has 0 aliphatic heterocycles. The number of amides is 2. The first-order valence-electron chi connectivity index (χ1n) is 12.0. The standard InChI is InChI=1S/C28H32N2O5S/c1-2-3-16-24(25(31)20-36-19-23-15-10-17-34-23)29-27(32)26(22-13-8-5-9-14-22)30-28(33)35-18-21-11-6-4-7-12-21/h4-15,17,24,26H,2-3,16,18-20H2,1H3,(H,29,32)(H,30,33). The van der Waals surface area contributed by atoms with Gasteiger partial charge in [0, 0.05) is 0 Å². The number of hydrogen-bond acceptors (Lipinski definition) is 6. The van der Waals surface area contributed by atoms with E-state index in [1.807, 2.05) is 55.5 Å². The van der Waals surface area contributed by atoms with Gasteiger partial charge in [-0.15, -0.1) is 11.8 Å². The van der Waals surface area contributed by atoms with Crippen LogP contribution in [0.1, 0.15) is 49.1 Å². The predicted molar refractivity (Wildman–Crippen MR) is 140 cm³/mol. The normalized spacial score (nSPS) is 12.4. The van der Waals surface area contributed by atoms with Gasteiger partial charge in [-0.25, -0.2) is 4.79 Å². The van der Waals surface area contributed by atoms with Crippen LogP contribution in [0.15, 0.2) is 83.5 Å². The van der Waals surface area contributed by atoms with Gasteiger partial charge in [0.1, 0.15) is 18.4 Å². The summed E-state index contributed by atoms with van der Waals surface area (Å²) in [7, 11) is 0. The number of ether oxygens (including phenoxy) is 1. The lowest BCUT2D eigenvalue weighted by molar-refractivity contribution is -0.128. The van der Waals surface area contributed by atoms with Crippen LogP contribution in [-0.2, 0) is 26.7 Å². The molecule has 190 valence electrons. The number of benzene rings is 2. The molecule has 0 aliphatic rings. The Balaban J connectivity index is 1.64. The zero-order chi connectivity index (χ0) is 25.6. The highest BCUT2D eigenvalue weighted by Gasteiger charge is 2.28. The lowest BCUT2D eigenvalue weighted by atomic mass is 10.0. The maximum atomic E-state index is 13.3. The fourth-order valence-corrected chi connectivity index (χ4v) is 4.42. The molecule has 0 radical (unpaired) electrons. The topological polar surface area (TPSA) is 97.6 Å². The molecule has 0 saturated heterocycles. The van der Waals surface area contributed by atoms with E-state index in [0.717, 1.165) is 24.2 Å². The molecule has 1 heterocycles. The Morgan fingerprint density at radius 2 is 1.67 bits per heavy atom. The highest BCUT2D eigenvalue weighted by Crippen LogP contribution is 2.17. The fourth-order valence-electron chi connectivity index (χ4n) is 3.55. The van der Waals surface area contributed by atoms with Gasteiger partial charge >= 0.3 is 6.09 Å². The summed E-state index contributed by atoms with van der Waals surface area (Å²) in [5, 5.41) is 5.54. The minimum Gasteiger partial charge on any atom is -0.468 e. The summed E-state index contributed by atoms with van der Waals surface area (Å²) in [6.45, 7) is 2.12. The van der Waals surface area contributed by atoms with Crippen molar-refractivity contribution >= 4 is 29.5 Å². The average Bonchev–Trinajstić information content (AvgIpc) is 3.43. The van der Waals surface area contributed by atoms with Crippen LogP contribution in [-0.4, -0.2) is 29.6 Å². The molecule has 2 aromatic carbocycles. The van der Waals surface area contributed by atoms with Crippen molar-refractivity contribution in [2.75, 3.05) is 5.75 Å². The van der Waals surface area contributed by atoms with Crippen molar-refractivity contribution in [3.8, 4) is 0 Å². The van der Waals surface area contributed by atoms with Crippen molar-refractivity contribution in [1.29, 1.82) is 0 Å². The van der Waals surface area contributed by atoms with Crippen molar-refractivity contribution in [2.45, 2.75) is 50.6 Å². The van der Waals surface area contributed by atoms with Gasteiger partial charge in [0.15, 0.2) is 5.78 Å². The molecule has 2 N–H and O–H groups in total. The highest BCUT2D eigenvalue weighted by molar-refractivity contribution is 7.99. The second kappa shape index (κ2) is 14.8. The molecule has 0 aliphatic carbocycles. The number of thioether (sulfide) groups is 1. The molecule has 2 unspecified atom stereocenters. The minimum atomic E-state index is -0.998. The first-order chi connectivity index (χ1) is 17.6. The van der Waals surface area contributed by atoms with Crippen molar-refractivity contribution in [1.82, 2.24) is 10.6 Å². The number of hydrogen-bond donors (Lipinski definition) is 2. The fraction of sp³-hybridized carbons (Fsp3) is 0.321. The Bertz CT molecular complexity index is 1070. The Morgan fingerprint density at radius 3 is 2.33 bits per heavy atom. The van der Waals surface area contributed by atoms with E-state index in [1.165, 1.54) is 11.8 Å². The summed E-state index contributed by atoms with van der Waals surface area (Å²) >= 11 is 1.44. The van der Waals surface area contributed by atoms with Crippen molar-refractivity contribution in [3.05, 3.63) is 95.9 Å². The van der Waals surface area contributed by atoms with E-state index in [-0.39, 0.29) is 18.1 Å². The molecule has 2 amide bonds. The molecule has 3 aromatic rings. The van der Waals surface area contributed by atoms with Crippen LogP contribution in [0.2, 0.25) is 0 Å². The molecule has 7 nitrogen and oxygen atoms in total. The number of carbonyl (C=O) groups is 3. The third kappa shape index (κ3) is 8.92. The SMILES string of the molecule is CCCCC(NC(=O)C(NC(=O)OCc1ccccc1)c1ccccc1)C(=O)CSCc1ccco1. The first-order valence-corrected chi connectivity index (χ1v) is 13.2. The van der Waals surface area contributed by atoms with E-state index >= 15 is 0 Å². The summed E-state index contributed by atoms with van der Waals surface area (Å²) in [4.78, 5) is 38.9. The van der Waals surface area contributed by atoms with E-state index in [0.29, 0.717) is 17.7 Å². The molecular weight excluding hydrogens is 476 g/mol. The van der Waals surface area contributed by atoms with Crippen LogP contribution in [0.25, 0.3) is 0 Å². The third-order valence-corrected chi connectivity index (χ3v) is 6.47. The van der Waals surface area contributed by atoms with E-state index in [2.05, 4.69) is 10.6 Å². The molecule has 36 heavy (non-hydrogen) atoms. The number of alkyl carbamates (subject to hydrolysis) is 1. The largest absolute Gasteiger partial charge is 0.468 e. The van der Waals surface area contributed by atoms with Crippen molar-refractivity contribution < 1.29 is 23.5 Å². The number of rotatable bonds is 14. The van der Waals surface area contributed by atoms with Crippen LogP contribution >= 0.6 is 11.8 Å². The summed E-state index contributed by atoms with van der Waals surface area (Å²) in [5.74, 6) is 1.10. The number of nitrogens with one attached hydrogen (secondary N) is 2. The average molecular weight is 509 g/mol. The van der Waals surface area contributed by atoms with Crippen molar-refractivity contribution in [2.24, 2.45) is 0 Å². The maximum Gasteiger partial charge on any atom is 0.408 e. The van der Waals surface area contributed by atoms with Gasteiger partial charge in [-0.3, -0.25) is 9.59 Å².